The van der Waals surface area contributed by atoms with Gasteiger partial charge in [0, 0.05) is 36.1 Å². The van der Waals surface area contributed by atoms with E-state index in [1.54, 1.807) is 25.1 Å². The number of hydrogen-bond donors (Lipinski definition) is 2. The lowest BCUT2D eigenvalue weighted by Gasteiger charge is -2.10. The largest absolute Gasteiger partial charge is 0.355 e. The average molecular weight is 287 g/mol. The summed E-state index contributed by atoms with van der Waals surface area (Å²) < 4.78 is 13.0. The molecule has 1 aromatic carbocycles. The second-order valence-electron chi connectivity index (χ2n) is 4.43. The molecular formula is C15H14FN3O2. The predicted octanol–water partition coefficient (Wildman–Crippen LogP) is 2.14. The van der Waals surface area contributed by atoms with Crippen molar-refractivity contribution >= 4 is 17.5 Å². The highest BCUT2D eigenvalue weighted by Gasteiger charge is 2.11. The lowest BCUT2D eigenvalue weighted by atomic mass is 10.1. The number of carbonyl (C=O) groups excluding carboxylic acids is 2. The molecule has 21 heavy (non-hydrogen) atoms. The highest BCUT2D eigenvalue weighted by atomic mass is 19.1. The number of pyridine rings is 1. The molecule has 2 N–H and O–H groups in total. The Kier molecular flexibility index (Phi) is 4.27. The third kappa shape index (κ3) is 3.42. The maximum absolute atomic E-state index is 13.0. The van der Waals surface area contributed by atoms with Crippen molar-refractivity contribution in [1.82, 2.24) is 10.3 Å². The van der Waals surface area contributed by atoms with E-state index in [0.717, 1.165) is 11.6 Å². The van der Waals surface area contributed by atoms with Crippen LogP contribution in [0.5, 0.6) is 0 Å². The molecule has 0 atom stereocenters. The summed E-state index contributed by atoms with van der Waals surface area (Å²) in [7, 11) is 1.53. The van der Waals surface area contributed by atoms with Crippen LogP contribution in [0.25, 0.3) is 0 Å². The number of hydrogen-bond acceptors (Lipinski definition) is 3. The Balaban J connectivity index is 2.26. The fourth-order valence-electron chi connectivity index (χ4n) is 1.78. The number of aromatic nitrogens is 1. The number of nitrogens with one attached hydrogen (secondary N) is 2. The molecule has 0 aliphatic heterocycles. The van der Waals surface area contributed by atoms with Gasteiger partial charge in [-0.1, -0.05) is 6.07 Å². The van der Waals surface area contributed by atoms with Crippen LogP contribution >= 0.6 is 0 Å². The van der Waals surface area contributed by atoms with E-state index in [2.05, 4.69) is 15.6 Å². The van der Waals surface area contributed by atoms with Crippen LogP contribution in [0.3, 0.4) is 0 Å². The third-order valence-electron chi connectivity index (χ3n) is 2.96. The molecule has 0 unspecified atom stereocenters. The van der Waals surface area contributed by atoms with E-state index in [-0.39, 0.29) is 11.5 Å². The highest BCUT2D eigenvalue weighted by molar-refractivity contribution is 6.05. The molecule has 0 spiro atoms. The van der Waals surface area contributed by atoms with Crippen LogP contribution in [-0.4, -0.2) is 23.8 Å². The van der Waals surface area contributed by atoms with Crippen LogP contribution in [0, 0.1) is 12.9 Å². The molecule has 2 amide bonds. The summed E-state index contributed by atoms with van der Waals surface area (Å²) in [5.41, 5.74) is 1.88. The van der Waals surface area contributed by atoms with Gasteiger partial charge in [0.2, 0.25) is 5.95 Å². The summed E-state index contributed by atoms with van der Waals surface area (Å²) in [6, 6.07) is 7.43. The molecule has 0 fully saturated rings. The zero-order valence-corrected chi connectivity index (χ0v) is 11.6. The molecule has 6 heteroatoms. The van der Waals surface area contributed by atoms with Gasteiger partial charge in [0.15, 0.2) is 0 Å². The lowest BCUT2D eigenvalue weighted by molar-refractivity contribution is 0.0961. The van der Waals surface area contributed by atoms with Crippen molar-refractivity contribution in [2.24, 2.45) is 0 Å². The summed E-state index contributed by atoms with van der Waals surface area (Å²) in [6.45, 7) is 1.80. The monoisotopic (exact) mass is 287 g/mol. The smallest absolute Gasteiger partial charge is 0.255 e. The van der Waals surface area contributed by atoms with Crippen molar-refractivity contribution < 1.29 is 14.0 Å². The molecule has 0 saturated carbocycles. The summed E-state index contributed by atoms with van der Waals surface area (Å²) in [5.74, 6) is -1.44. The number of anilines is 1. The SMILES string of the molecule is CNC(=O)c1ccc(C)c(NC(=O)c2ccnc(F)c2)c1. The Morgan fingerprint density at radius 2 is 1.81 bits per heavy atom. The van der Waals surface area contributed by atoms with E-state index in [1.165, 1.54) is 19.3 Å². The van der Waals surface area contributed by atoms with E-state index in [9.17, 15) is 14.0 Å². The maximum Gasteiger partial charge on any atom is 0.255 e. The van der Waals surface area contributed by atoms with Gasteiger partial charge in [-0.15, -0.1) is 0 Å². The van der Waals surface area contributed by atoms with Gasteiger partial charge in [-0.3, -0.25) is 9.59 Å². The quantitative estimate of drug-likeness (QED) is 0.850. The molecule has 0 bridgehead atoms. The van der Waals surface area contributed by atoms with Crippen LogP contribution in [0.4, 0.5) is 10.1 Å². The van der Waals surface area contributed by atoms with Crippen molar-refractivity contribution in [3.05, 3.63) is 59.2 Å². The number of rotatable bonds is 3. The summed E-state index contributed by atoms with van der Waals surface area (Å²) in [4.78, 5) is 27.1. The lowest BCUT2D eigenvalue weighted by Crippen LogP contribution is -2.19. The Bertz CT molecular complexity index is 701. The van der Waals surface area contributed by atoms with Gasteiger partial charge in [0.05, 0.1) is 0 Å². The first kappa shape index (κ1) is 14.6. The van der Waals surface area contributed by atoms with Crippen LogP contribution in [0.2, 0.25) is 0 Å². The highest BCUT2D eigenvalue weighted by Crippen LogP contribution is 2.18. The molecule has 5 nitrogen and oxygen atoms in total. The first-order valence-corrected chi connectivity index (χ1v) is 6.27. The van der Waals surface area contributed by atoms with E-state index in [1.807, 2.05) is 0 Å². The minimum atomic E-state index is -0.724. The van der Waals surface area contributed by atoms with Crippen molar-refractivity contribution in [3.8, 4) is 0 Å². The van der Waals surface area contributed by atoms with Crippen LogP contribution in [-0.2, 0) is 0 Å². The molecule has 1 aromatic heterocycles. The van der Waals surface area contributed by atoms with Gasteiger partial charge in [-0.05, 0) is 30.7 Å². The van der Waals surface area contributed by atoms with Crippen molar-refractivity contribution in [1.29, 1.82) is 0 Å². The zero-order chi connectivity index (χ0) is 15.4. The summed E-state index contributed by atoms with van der Waals surface area (Å²) in [6.07, 6.45) is 1.22. The Morgan fingerprint density at radius 1 is 1.10 bits per heavy atom. The molecule has 2 aromatic rings. The Morgan fingerprint density at radius 3 is 2.48 bits per heavy atom. The molecule has 0 aliphatic rings. The fourth-order valence-corrected chi connectivity index (χ4v) is 1.78. The molecule has 0 radical (unpaired) electrons. The molecular weight excluding hydrogens is 273 g/mol. The van der Waals surface area contributed by atoms with Crippen LogP contribution in [0.1, 0.15) is 26.3 Å². The zero-order valence-electron chi connectivity index (χ0n) is 11.6. The first-order valence-electron chi connectivity index (χ1n) is 6.27. The van der Waals surface area contributed by atoms with Gasteiger partial charge in [0.25, 0.3) is 11.8 Å². The van der Waals surface area contributed by atoms with Crippen molar-refractivity contribution in [2.45, 2.75) is 6.92 Å². The summed E-state index contributed by atoms with van der Waals surface area (Å²) in [5, 5.41) is 5.17. The number of halogens is 1. The van der Waals surface area contributed by atoms with E-state index >= 15 is 0 Å². The van der Waals surface area contributed by atoms with Crippen molar-refractivity contribution in [3.63, 3.8) is 0 Å². The van der Waals surface area contributed by atoms with Gasteiger partial charge < -0.3 is 10.6 Å². The second kappa shape index (κ2) is 6.13. The minimum absolute atomic E-state index is 0.159. The van der Waals surface area contributed by atoms with Crippen LogP contribution < -0.4 is 10.6 Å². The number of aryl methyl sites for hydroxylation is 1. The van der Waals surface area contributed by atoms with Gasteiger partial charge in [-0.25, -0.2) is 4.98 Å². The van der Waals surface area contributed by atoms with E-state index in [4.69, 9.17) is 0 Å². The van der Waals surface area contributed by atoms with Crippen LogP contribution in [0.15, 0.2) is 36.5 Å². The Hall–Kier alpha value is -2.76. The number of amides is 2. The molecule has 1 heterocycles. The minimum Gasteiger partial charge on any atom is -0.355 e. The van der Waals surface area contributed by atoms with Gasteiger partial charge in [-0.2, -0.15) is 4.39 Å². The Labute approximate surface area is 121 Å². The fraction of sp³-hybridized carbons (Fsp3) is 0.133. The van der Waals surface area contributed by atoms with Gasteiger partial charge in [0.1, 0.15) is 0 Å². The molecule has 2 rings (SSSR count). The van der Waals surface area contributed by atoms with E-state index < -0.39 is 11.9 Å². The molecule has 0 saturated heterocycles. The topological polar surface area (TPSA) is 71.1 Å². The number of nitrogens with zero attached hydrogens (tertiary/aromatic N) is 1. The standard InChI is InChI=1S/C15H14FN3O2/c1-9-3-4-10(14(20)17-2)7-12(9)19-15(21)11-5-6-18-13(16)8-11/h3-8H,1-2H3,(H,17,20)(H,19,21). The summed E-state index contributed by atoms with van der Waals surface area (Å²) >= 11 is 0. The maximum atomic E-state index is 13.0. The van der Waals surface area contributed by atoms with E-state index in [0.29, 0.717) is 11.3 Å². The number of carbonyl (C=O) groups is 2. The third-order valence-corrected chi connectivity index (χ3v) is 2.96. The second-order valence-corrected chi connectivity index (χ2v) is 4.43. The van der Waals surface area contributed by atoms with Crippen molar-refractivity contribution in [2.75, 3.05) is 12.4 Å². The molecule has 108 valence electrons. The van der Waals surface area contributed by atoms with Gasteiger partial charge >= 0.3 is 0 Å². The predicted molar refractivity (Wildman–Crippen MR) is 76.7 cm³/mol. The number of benzene rings is 1. The average Bonchev–Trinajstić information content (AvgIpc) is 2.48. The molecule has 0 aliphatic carbocycles. The first-order chi connectivity index (χ1) is 10.0. The normalized spacial score (nSPS) is 10.0.